The summed E-state index contributed by atoms with van der Waals surface area (Å²) >= 11 is 3.31. The molecule has 28 heavy (non-hydrogen) atoms. The van der Waals surface area contributed by atoms with Gasteiger partial charge in [0.1, 0.15) is 10.6 Å². The highest BCUT2D eigenvalue weighted by Gasteiger charge is 2.41. The number of nitrogens with zero attached hydrogens (tertiary/aromatic N) is 2. The second kappa shape index (κ2) is 6.39. The number of fused-ring (bicyclic) bond motifs is 3. The van der Waals surface area contributed by atoms with Crippen molar-refractivity contribution in [2.24, 2.45) is 7.05 Å². The van der Waals surface area contributed by atoms with Gasteiger partial charge in [-0.05, 0) is 30.3 Å². The Morgan fingerprint density at radius 1 is 1.07 bits per heavy atom. The Morgan fingerprint density at radius 2 is 1.71 bits per heavy atom. The molecular weight excluding hydrogens is 446 g/mol. The molecule has 0 unspecified atom stereocenters. The largest absolute Gasteiger partial charge is 0.504 e. The molecule has 3 aromatic rings. The van der Waals surface area contributed by atoms with Crippen LogP contribution in [0.1, 0.15) is 5.69 Å². The molecule has 2 heterocycles. The molecule has 0 saturated carbocycles. The summed E-state index contributed by atoms with van der Waals surface area (Å²) in [6, 6.07) is 13.8. The number of likely N-dealkylation sites (N-methyl/N-ethyl adjacent to an activating group) is 1. The minimum Gasteiger partial charge on any atom is -0.504 e. The van der Waals surface area contributed by atoms with Gasteiger partial charge < -0.3 is 15.0 Å². The Labute approximate surface area is 170 Å². The van der Waals surface area contributed by atoms with Crippen molar-refractivity contribution in [3.05, 3.63) is 64.4 Å². The number of nitrogens with one attached hydrogen (secondary N) is 1. The lowest BCUT2D eigenvalue weighted by Gasteiger charge is -2.27. The summed E-state index contributed by atoms with van der Waals surface area (Å²) in [5.74, 6) is -1.11. The van der Waals surface area contributed by atoms with Crippen LogP contribution < -0.4 is 5.32 Å². The number of benzene rings is 2. The van der Waals surface area contributed by atoms with Gasteiger partial charge in [-0.15, -0.1) is 0 Å². The van der Waals surface area contributed by atoms with Gasteiger partial charge >= 0.3 is 0 Å². The van der Waals surface area contributed by atoms with Gasteiger partial charge in [0.15, 0.2) is 11.5 Å². The normalized spacial score (nSPS) is 15.6. The molecule has 1 aromatic heterocycles. The number of aromatic nitrogens is 1. The van der Waals surface area contributed by atoms with Crippen LogP contribution in [0.3, 0.4) is 0 Å². The average Bonchev–Trinajstić information content (AvgIpc) is 2.97. The average molecular weight is 462 g/mol. The summed E-state index contributed by atoms with van der Waals surface area (Å²) in [4.78, 5) is 12.8. The maximum atomic E-state index is 13.2. The van der Waals surface area contributed by atoms with Crippen molar-refractivity contribution in [3.63, 3.8) is 0 Å². The maximum absolute atomic E-state index is 13.2. The zero-order valence-corrected chi connectivity index (χ0v) is 17.4. The Hall–Kier alpha value is -2.78. The van der Waals surface area contributed by atoms with Crippen molar-refractivity contribution >= 4 is 54.2 Å². The Morgan fingerprint density at radius 3 is 2.39 bits per heavy atom. The minimum atomic E-state index is -4.03. The van der Waals surface area contributed by atoms with E-state index in [9.17, 15) is 18.3 Å². The summed E-state index contributed by atoms with van der Waals surface area (Å²) in [6.45, 7) is 0. The van der Waals surface area contributed by atoms with E-state index in [4.69, 9.17) is 0 Å². The van der Waals surface area contributed by atoms with E-state index < -0.39 is 15.9 Å². The van der Waals surface area contributed by atoms with Crippen molar-refractivity contribution in [1.29, 1.82) is 0 Å². The number of rotatable bonds is 2. The molecule has 4 rings (SSSR count). The van der Waals surface area contributed by atoms with Crippen molar-refractivity contribution < 1.29 is 18.3 Å². The number of para-hydroxylation sites is 1. The minimum absolute atomic E-state index is 0.00853. The van der Waals surface area contributed by atoms with Crippen LogP contribution in [-0.4, -0.2) is 35.4 Å². The van der Waals surface area contributed by atoms with Gasteiger partial charge in [-0.25, -0.2) is 8.42 Å². The molecule has 1 amide bonds. The first kappa shape index (κ1) is 18.6. The molecule has 0 fully saturated rings. The summed E-state index contributed by atoms with van der Waals surface area (Å²) < 4.78 is 29.6. The number of sulfonamides is 1. The second-order valence-electron chi connectivity index (χ2n) is 6.38. The molecule has 7 nitrogen and oxygen atoms in total. The predicted molar refractivity (Wildman–Crippen MR) is 110 cm³/mol. The van der Waals surface area contributed by atoms with Crippen LogP contribution in [0.15, 0.2) is 63.6 Å². The zero-order valence-electron chi connectivity index (χ0n) is 15.0. The number of aliphatic hydroxyl groups is 1. The highest BCUT2D eigenvalue weighted by atomic mass is 79.9. The van der Waals surface area contributed by atoms with E-state index in [1.807, 2.05) is 0 Å². The van der Waals surface area contributed by atoms with Crippen LogP contribution in [-0.2, 0) is 21.9 Å². The number of carbonyl (C=O) groups excluding carboxylic acids is 1. The number of hydrogen-bond donors (Lipinski definition) is 2. The number of anilines is 1. The molecule has 144 valence electrons. The topological polar surface area (TPSA) is 91.6 Å². The number of aliphatic hydroxyl groups excluding tert-OH is 1. The van der Waals surface area contributed by atoms with Crippen LogP contribution in [0.4, 0.5) is 5.69 Å². The lowest BCUT2D eigenvalue weighted by Crippen LogP contribution is -2.37. The molecule has 0 aliphatic carbocycles. The molecule has 0 spiro atoms. The fourth-order valence-corrected chi connectivity index (χ4v) is 5.25. The Bertz CT molecular complexity index is 1260. The van der Waals surface area contributed by atoms with Gasteiger partial charge in [-0.1, -0.05) is 34.1 Å². The van der Waals surface area contributed by atoms with E-state index >= 15 is 0 Å². The van der Waals surface area contributed by atoms with E-state index in [-0.39, 0.29) is 22.0 Å². The molecule has 2 aromatic carbocycles. The van der Waals surface area contributed by atoms with Gasteiger partial charge in [0.2, 0.25) is 0 Å². The molecule has 0 bridgehead atoms. The molecule has 0 saturated heterocycles. The number of hydrogen-bond acceptors (Lipinski definition) is 4. The quantitative estimate of drug-likeness (QED) is 0.611. The van der Waals surface area contributed by atoms with E-state index in [1.54, 1.807) is 60.1 Å². The molecule has 0 radical (unpaired) electrons. The number of aryl methyl sites for hydroxylation is 1. The standard InChI is InChI=1S/C19H16BrN3O4S/c1-22-14-6-4-3-5-13(14)18-15(22)17(24)16(23(2)28(18,26)27)19(25)21-12-9-7-11(20)8-10-12/h3-10,24H,1-2H3,(H,21,25). The first-order valence-corrected chi connectivity index (χ1v) is 10.5. The fraction of sp³-hybridized carbons (Fsp3) is 0.105. The van der Waals surface area contributed by atoms with Crippen LogP contribution in [0.25, 0.3) is 16.7 Å². The summed E-state index contributed by atoms with van der Waals surface area (Å²) in [7, 11) is -1.11. The predicted octanol–water partition coefficient (Wildman–Crippen LogP) is 3.44. The lowest BCUT2D eigenvalue weighted by molar-refractivity contribution is -0.113. The monoisotopic (exact) mass is 461 g/mol. The first-order valence-electron chi connectivity index (χ1n) is 8.30. The third-order valence-electron chi connectivity index (χ3n) is 4.76. The highest BCUT2D eigenvalue weighted by molar-refractivity contribution is 9.10. The summed E-state index contributed by atoms with van der Waals surface area (Å²) in [6.07, 6.45) is 0. The highest BCUT2D eigenvalue weighted by Crippen LogP contribution is 2.40. The van der Waals surface area contributed by atoms with Gasteiger partial charge in [-0.3, -0.25) is 9.10 Å². The van der Waals surface area contributed by atoms with Gasteiger partial charge in [0, 0.05) is 35.2 Å². The number of halogens is 1. The van der Waals surface area contributed by atoms with Crippen molar-refractivity contribution in [3.8, 4) is 0 Å². The fourth-order valence-electron chi connectivity index (χ4n) is 3.38. The molecule has 2 N–H and O–H groups in total. The van der Waals surface area contributed by atoms with Gasteiger partial charge in [0.05, 0.1) is 0 Å². The Kier molecular flexibility index (Phi) is 4.24. The van der Waals surface area contributed by atoms with Crippen LogP contribution in [0.2, 0.25) is 0 Å². The van der Waals surface area contributed by atoms with Crippen LogP contribution in [0, 0.1) is 0 Å². The molecule has 9 heteroatoms. The van der Waals surface area contributed by atoms with E-state index in [0.717, 1.165) is 8.78 Å². The third kappa shape index (κ3) is 2.61. The molecular formula is C19H16BrN3O4S. The van der Waals surface area contributed by atoms with E-state index in [1.165, 1.54) is 7.05 Å². The third-order valence-corrected chi connectivity index (χ3v) is 7.12. The van der Waals surface area contributed by atoms with Crippen molar-refractivity contribution in [2.45, 2.75) is 4.90 Å². The number of carbonyl (C=O) groups is 1. The Balaban J connectivity index is 1.91. The van der Waals surface area contributed by atoms with Crippen molar-refractivity contribution in [2.75, 3.05) is 12.4 Å². The lowest BCUT2D eigenvalue weighted by atomic mass is 10.2. The zero-order chi connectivity index (χ0) is 20.2. The van der Waals surface area contributed by atoms with E-state index in [2.05, 4.69) is 21.2 Å². The maximum Gasteiger partial charge on any atom is 0.276 e. The SMILES string of the molecule is CN1C(C(=O)Nc2ccc(Br)cc2)=C(O)c2c(c3ccccc3n2C)S1(=O)=O. The van der Waals surface area contributed by atoms with Crippen LogP contribution >= 0.6 is 15.9 Å². The first-order chi connectivity index (χ1) is 13.2. The smallest absolute Gasteiger partial charge is 0.276 e. The summed E-state index contributed by atoms with van der Waals surface area (Å²) in [5, 5.41) is 14.0. The van der Waals surface area contributed by atoms with E-state index in [0.29, 0.717) is 16.6 Å². The summed E-state index contributed by atoms with van der Waals surface area (Å²) in [5.41, 5.74) is 0.884. The number of amides is 1. The van der Waals surface area contributed by atoms with Crippen molar-refractivity contribution in [1.82, 2.24) is 8.87 Å². The van der Waals surface area contributed by atoms with Crippen LogP contribution in [0.5, 0.6) is 0 Å². The molecule has 1 aliphatic heterocycles. The second-order valence-corrected chi connectivity index (χ2v) is 9.21. The van der Waals surface area contributed by atoms with Gasteiger partial charge in [-0.2, -0.15) is 0 Å². The molecule has 1 aliphatic rings. The molecule has 0 atom stereocenters. The van der Waals surface area contributed by atoms with Gasteiger partial charge in [0.25, 0.3) is 15.9 Å².